The van der Waals surface area contributed by atoms with E-state index in [0.29, 0.717) is 13.1 Å². The summed E-state index contributed by atoms with van der Waals surface area (Å²) in [5, 5.41) is 8.75. The molecule has 1 heterocycles. The van der Waals surface area contributed by atoms with E-state index < -0.39 is 5.97 Å². The summed E-state index contributed by atoms with van der Waals surface area (Å²) in [5.74, 6) is -0.887. The molecular formula is C13H24N2O4. The number of carbonyl (C=O) groups is 2. The first-order valence-electron chi connectivity index (χ1n) is 6.74. The lowest BCUT2D eigenvalue weighted by Gasteiger charge is -2.39. The molecule has 0 spiro atoms. The maximum Gasteiger partial charge on any atom is 0.320 e. The second-order valence-electron chi connectivity index (χ2n) is 5.38. The molecule has 6 heteroatoms. The molecule has 1 saturated heterocycles. The van der Waals surface area contributed by atoms with Crippen molar-refractivity contribution in [2.24, 2.45) is 0 Å². The number of rotatable bonds is 4. The van der Waals surface area contributed by atoms with Gasteiger partial charge in [0.1, 0.15) is 0 Å². The van der Waals surface area contributed by atoms with Crippen molar-refractivity contribution < 1.29 is 19.4 Å². The summed E-state index contributed by atoms with van der Waals surface area (Å²) in [7, 11) is 0. The maximum atomic E-state index is 12.4. The van der Waals surface area contributed by atoms with E-state index in [9.17, 15) is 9.59 Å². The number of hydrogen-bond acceptors (Lipinski definition) is 3. The van der Waals surface area contributed by atoms with Gasteiger partial charge < -0.3 is 19.6 Å². The van der Waals surface area contributed by atoms with Gasteiger partial charge in [0.05, 0.1) is 18.6 Å². The Morgan fingerprint density at radius 3 is 2.26 bits per heavy atom. The molecule has 1 rings (SSSR count). The second kappa shape index (κ2) is 6.75. The molecule has 0 aromatic heterocycles. The van der Waals surface area contributed by atoms with E-state index in [0.717, 1.165) is 0 Å². The van der Waals surface area contributed by atoms with Crippen LogP contribution in [0.1, 0.15) is 34.1 Å². The van der Waals surface area contributed by atoms with Crippen LogP contribution in [-0.4, -0.2) is 64.8 Å². The molecule has 1 aliphatic rings. The van der Waals surface area contributed by atoms with Crippen LogP contribution in [0.3, 0.4) is 0 Å². The number of ether oxygens (including phenoxy) is 1. The number of urea groups is 1. The van der Waals surface area contributed by atoms with Crippen LogP contribution >= 0.6 is 0 Å². The van der Waals surface area contributed by atoms with E-state index in [1.165, 1.54) is 0 Å². The number of amides is 2. The van der Waals surface area contributed by atoms with Crippen molar-refractivity contribution in [2.75, 3.05) is 19.6 Å². The molecule has 1 fully saturated rings. The summed E-state index contributed by atoms with van der Waals surface area (Å²) in [5.41, 5.74) is 0. The van der Waals surface area contributed by atoms with Gasteiger partial charge in [-0.05, 0) is 27.7 Å². The van der Waals surface area contributed by atoms with Crippen LogP contribution in [0.4, 0.5) is 4.79 Å². The fourth-order valence-corrected chi connectivity index (χ4v) is 2.31. The normalized spacial score (nSPS) is 23.5. The highest BCUT2D eigenvalue weighted by molar-refractivity contribution is 5.76. The van der Waals surface area contributed by atoms with E-state index in [4.69, 9.17) is 9.84 Å². The van der Waals surface area contributed by atoms with Gasteiger partial charge in [0.2, 0.25) is 0 Å². The van der Waals surface area contributed by atoms with Gasteiger partial charge in [-0.25, -0.2) is 4.79 Å². The van der Waals surface area contributed by atoms with Crippen molar-refractivity contribution in [1.82, 2.24) is 9.80 Å². The van der Waals surface area contributed by atoms with Crippen molar-refractivity contribution in [3.63, 3.8) is 0 Å². The Morgan fingerprint density at radius 1 is 1.32 bits per heavy atom. The molecule has 2 atom stereocenters. The van der Waals surface area contributed by atoms with Gasteiger partial charge in [0.25, 0.3) is 0 Å². The zero-order chi connectivity index (χ0) is 14.6. The molecule has 1 N–H and O–H groups in total. The Kier molecular flexibility index (Phi) is 5.60. The molecule has 110 valence electrons. The fourth-order valence-electron chi connectivity index (χ4n) is 2.31. The van der Waals surface area contributed by atoms with Crippen LogP contribution in [0.15, 0.2) is 0 Å². The van der Waals surface area contributed by atoms with Gasteiger partial charge in [-0.2, -0.15) is 0 Å². The molecule has 0 aromatic rings. The third-order valence-electron chi connectivity index (χ3n) is 3.13. The molecule has 19 heavy (non-hydrogen) atoms. The minimum absolute atomic E-state index is 0.0136. The van der Waals surface area contributed by atoms with Crippen molar-refractivity contribution in [3.8, 4) is 0 Å². The molecule has 0 aliphatic carbocycles. The van der Waals surface area contributed by atoms with Crippen LogP contribution in [0.2, 0.25) is 0 Å². The van der Waals surface area contributed by atoms with E-state index in [-0.39, 0.29) is 37.2 Å². The zero-order valence-corrected chi connectivity index (χ0v) is 12.1. The molecule has 6 nitrogen and oxygen atoms in total. The van der Waals surface area contributed by atoms with Crippen LogP contribution in [0, 0.1) is 0 Å². The first-order valence-corrected chi connectivity index (χ1v) is 6.74. The second-order valence-corrected chi connectivity index (χ2v) is 5.38. The van der Waals surface area contributed by atoms with Crippen LogP contribution < -0.4 is 0 Å². The summed E-state index contributed by atoms with van der Waals surface area (Å²) in [6.45, 7) is 9.02. The van der Waals surface area contributed by atoms with Crippen LogP contribution in [0.25, 0.3) is 0 Å². The lowest BCUT2D eigenvalue weighted by atomic mass is 10.2. The summed E-state index contributed by atoms with van der Waals surface area (Å²) < 4.78 is 5.60. The molecule has 1 aliphatic heterocycles. The first-order chi connectivity index (χ1) is 8.81. The topological polar surface area (TPSA) is 70.1 Å². The lowest BCUT2D eigenvalue weighted by Crippen LogP contribution is -2.54. The Hall–Kier alpha value is -1.30. The SMILES string of the molecule is CC(C)N(CCC(=O)O)C(=O)N1C[C@@H](C)O[C@@H](C)C1. The number of carbonyl (C=O) groups excluding carboxylic acids is 1. The number of aliphatic carboxylic acids is 1. The lowest BCUT2D eigenvalue weighted by molar-refractivity contribution is -0.137. The Morgan fingerprint density at radius 2 is 1.84 bits per heavy atom. The minimum Gasteiger partial charge on any atom is -0.481 e. The number of carboxylic acid groups (broad SMARTS) is 1. The van der Waals surface area contributed by atoms with Gasteiger partial charge >= 0.3 is 12.0 Å². The average molecular weight is 272 g/mol. The summed E-state index contributed by atoms with van der Waals surface area (Å²) >= 11 is 0. The Balaban J connectivity index is 2.67. The summed E-state index contributed by atoms with van der Waals surface area (Å²) in [4.78, 5) is 26.5. The number of nitrogens with zero attached hydrogens (tertiary/aromatic N) is 2. The smallest absolute Gasteiger partial charge is 0.320 e. The van der Waals surface area contributed by atoms with E-state index >= 15 is 0 Å². The molecule has 0 radical (unpaired) electrons. The number of hydrogen-bond donors (Lipinski definition) is 1. The fraction of sp³-hybridized carbons (Fsp3) is 0.846. The van der Waals surface area contributed by atoms with Gasteiger partial charge in [0, 0.05) is 25.7 Å². The largest absolute Gasteiger partial charge is 0.481 e. The van der Waals surface area contributed by atoms with Crippen LogP contribution in [-0.2, 0) is 9.53 Å². The van der Waals surface area contributed by atoms with E-state index in [1.54, 1.807) is 9.80 Å². The third kappa shape index (κ3) is 4.70. The predicted octanol–water partition coefficient (Wildman–Crippen LogP) is 1.40. The number of morpholine rings is 1. The zero-order valence-electron chi connectivity index (χ0n) is 12.1. The van der Waals surface area contributed by atoms with E-state index in [1.807, 2.05) is 27.7 Å². The summed E-state index contributed by atoms with van der Waals surface area (Å²) in [6, 6.07) is -0.112. The standard InChI is InChI=1S/C13H24N2O4/c1-9(2)15(6-5-12(16)17)13(18)14-7-10(3)19-11(4)8-14/h9-11H,5-8H2,1-4H3,(H,16,17)/t10-,11+. The van der Waals surface area contributed by atoms with Gasteiger partial charge in [-0.3, -0.25) is 4.79 Å². The molecule has 2 amide bonds. The molecule has 0 unspecified atom stereocenters. The number of carboxylic acids is 1. The molecular weight excluding hydrogens is 248 g/mol. The van der Waals surface area contributed by atoms with Crippen molar-refractivity contribution in [1.29, 1.82) is 0 Å². The Bertz CT molecular complexity index is 323. The first kappa shape index (κ1) is 15.8. The molecule has 0 aromatic carbocycles. The maximum absolute atomic E-state index is 12.4. The van der Waals surface area contributed by atoms with Crippen molar-refractivity contribution >= 4 is 12.0 Å². The Labute approximate surface area is 114 Å². The monoisotopic (exact) mass is 272 g/mol. The average Bonchev–Trinajstić information content (AvgIpc) is 2.26. The van der Waals surface area contributed by atoms with Crippen molar-refractivity contribution in [3.05, 3.63) is 0 Å². The molecule has 0 bridgehead atoms. The quantitative estimate of drug-likeness (QED) is 0.840. The van der Waals surface area contributed by atoms with E-state index in [2.05, 4.69) is 0 Å². The highest BCUT2D eigenvalue weighted by atomic mass is 16.5. The predicted molar refractivity (Wildman–Crippen MR) is 71.1 cm³/mol. The van der Waals surface area contributed by atoms with Gasteiger partial charge in [-0.15, -0.1) is 0 Å². The van der Waals surface area contributed by atoms with Gasteiger partial charge in [0.15, 0.2) is 0 Å². The highest BCUT2D eigenvalue weighted by Crippen LogP contribution is 2.14. The van der Waals surface area contributed by atoms with Crippen molar-refractivity contribution in [2.45, 2.75) is 52.4 Å². The highest BCUT2D eigenvalue weighted by Gasteiger charge is 2.30. The van der Waals surface area contributed by atoms with Crippen LogP contribution in [0.5, 0.6) is 0 Å². The van der Waals surface area contributed by atoms with Gasteiger partial charge in [-0.1, -0.05) is 0 Å². The minimum atomic E-state index is -0.887. The third-order valence-corrected chi connectivity index (χ3v) is 3.13. The molecule has 0 saturated carbocycles. The summed E-state index contributed by atoms with van der Waals surface area (Å²) in [6.07, 6.45) is 0.00157.